The van der Waals surface area contributed by atoms with Crippen LogP contribution in [-0.4, -0.2) is 21.8 Å². The number of Topliss-reactive ketones (excluding diaryl/α,β-unsaturated/α-hetero) is 1. The number of rotatable bonds is 4. The van der Waals surface area contributed by atoms with Gasteiger partial charge in [0.2, 0.25) is 0 Å². The highest BCUT2D eigenvalue weighted by molar-refractivity contribution is 6.39. The van der Waals surface area contributed by atoms with Gasteiger partial charge in [-0.25, -0.2) is 4.79 Å². The molecule has 0 aliphatic carbocycles. The largest absolute Gasteiger partial charge is 0.475 e. The highest BCUT2D eigenvalue weighted by atomic mass is 16.4. The maximum Gasteiger partial charge on any atom is 0.378 e. The molecule has 1 aromatic heterocycles. The Balaban J connectivity index is 2.34. The van der Waals surface area contributed by atoms with Crippen LogP contribution in [0.5, 0.6) is 0 Å². The highest BCUT2D eigenvalue weighted by Gasteiger charge is 2.20. The van der Waals surface area contributed by atoms with E-state index in [9.17, 15) is 9.59 Å². The van der Waals surface area contributed by atoms with Gasteiger partial charge in [0.15, 0.2) is 0 Å². The molecule has 0 bridgehead atoms. The van der Waals surface area contributed by atoms with E-state index >= 15 is 0 Å². The van der Waals surface area contributed by atoms with Gasteiger partial charge in [-0.3, -0.25) is 4.79 Å². The molecule has 1 heterocycles. The predicted octanol–water partition coefficient (Wildman–Crippen LogP) is 2.18. The number of aromatic amines is 1. The molecule has 1 aromatic carbocycles. The molecule has 18 heavy (non-hydrogen) atoms. The molecule has 92 valence electrons. The minimum Gasteiger partial charge on any atom is -0.475 e. The van der Waals surface area contributed by atoms with Gasteiger partial charge in [-0.1, -0.05) is 30.3 Å². The lowest BCUT2D eigenvalue weighted by Crippen LogP contribution is -2.15. The Labute approximate surface area is 104 Å². The van der Waals surface area contributed by atoms with Gasteiger partial charge in [0, 0.05) is 5.69 Å². The number of benzene rings is 1. The summed E-state index contributed by atoms with van der Waals surface area (Å²) in [5, 5.41) is 8.77. The van der Waals surface area contributed by atoms with Gasteiger partial charge < -0.3 is 10.1 Å². The minimum atomic E-state index is -1.44. The second-order valence-corrected chi connectivity index (χ2v) is 4.15. The zero-order valence-electron chi connectivity index (χ0n) is 9.93. The highest BCUT2D eigenvalue weighted by Crippen LogP contribution is 2.16. The molecule has 4 nitrogen and oxygen atoms in total. The Morgan fingerprint density at radius 2 is 1.89 bits per heavy atom. The van der Waals surface area contributed by atoms with Crippen molar-refractivity contribution in [3.8, 4) is 0 Å². The first-order valence-corrected chi connectivity index (χ1v) is 5.58. The summed E-state index contributed by atoms with van der Waals surface area (Å²) < 4.78 is 0. The predicted molar refractivity (Wildman–Crippen MR) is 66.7 cm³/mol. The molecule has 4 heteroatoms. The molecule has 0 aliphatic heterocycles. The summed E-state index contributed by atoms with van der Waals surface area (Å²) >= 11 is 0. The number of nitrogens with one attached hydrogen (secondary N) is 1. The average molecular weight is 243 g/mol. The minimum absolute atomic E-state index is 0.170. The van der Waals surface area contributed by atoms with E-state index in [0.717, 1.165) is 11.3 Å². The van der Waals surface area contributed by atoms with Crippen LogP contribution in [-0.2, 0) is 11.2 Å². The molecule has 2 aromatic rings. The molecule has 0 radical (unpaired) electrons. The number of carboxylic acids is 1. The molecule has 0 fully saturated rings. The number of hydrogen-bond acceptors (Lipinski definition) is 2. The number of aliphatic carboxylic acids is 1. The van der Waals surface area contributed by atoms with Crippen molar-refractivity contribution in [1.29, 1.82) is 0 Å². The first-order chi connectivity index (χ1) is 8.58. The third kappa shape index (κ3) is 2.48. The van der Waals surface area contributed by atoms with E-state index in [1.54, 1.807) is 6.92 Å². The van der Waals surface area contributed by atoms with E-state index in [-0.39, 0.29) is 5.69 Å². The van der Waals surface area contributed by atoms with Crippen molar-refractivity contribution in [2.75, 3.05) is 0 Å². The van der Waals surface area contributed by atoms with Crippen LogP contribution >= 0.6 is 0 Å². The fourth-order valence-electron chi connectivity index (χ4n) is 1.91. The summed E-state index contributed by atoms with van der Waals surface area (Å²) in [5.41, 5.74) is 2.71. The summed E-state index contributed by atoms with van der Waals surface area (Å²) in [6, 6.07) is 11.4. The number of aromatic nitrogens is 1. The summed E-state index contributed by atoms with van der Waals surface area (Å²) in [7, 11) is 0. The van der Waals surface area contributed by atoms with Gasteiger partial charge >= 0.3 is 5.97 Å². The summed E-state index contributed by atoms with van der Waals surface area (Å²) in [6.07, 6.45) is 0.541. The van der Waals surface area contributed by atoms with Crippen molar-refractivity contribution >= 4 is 11.8 Å². The van der Waals surface area contributed by atoms with Crippen LogP contribution in [0.1, 0.15) is 27.3 Å². The van der Waals surface area contributed by atoms with E-state index < -0.39 is 11.8 Å². The first-order valence-electron chi connectivity index (χ1n) is 5.58. The van der Waals surface area contributed by atoms with Gasteiger partial charge in [-0.05, 0) is 30.5 Å². The average Bonchev–Trinajstić information content (AvgIpc) is 2.70. The van der Waals surface area contributed by atoms with Crippen LogP contribution < -0.4 is 0 Å². The third-order valence-corrected chi connectivity index (χ3v) is 2.69. The molecule has 0 atom stereocenters. The smallest absolute Gasteiger partial charge is 0.378 e. The topological polar surface area (TPSA) is 70.2 Å². The van der Waals surface area contributed by atoms with Gasteiger partial charge in [-0.15, -0.1) is 0 Å². The van der Waals surface area contributed by atoms with Crippen molar-refractivity contribution in [1.82, 2.24) is 4.98 Å². The van der Waals surface area contributed by atoms with E-state index in [1.165, 1.54) is 0 Å². The van der Waals surface area contributed by atoms with Crippen molar-refractivity contribution < 1.29 is 14.7 Å². The molecule has 0 amide bonds. The number of ketones is 1. The van der Waals surface area contributed by atoms with Crippen LogP contribution in [0.25, 0.3) is 0 Å². The second-order valence-electron chi connectivity index (χ2n) is 4.15. The molecule has 2 rings (SSSR count). The van der Waals surface area contributed by atoms with E-state index in [4.69, 9.17) is 5.11 Å². The summed E-state index contributed by atoms with van der Waals surface area (Å²) in [6.45, 7) is 1.80. The van der Waals surface area contributed by atoms with Gasteiger partial charge in [0.05, 0.1) is 5.69 Å². The van der Waals surface area contributed by atoms with Crippen LogP contribution in [0, 0.1) is 6.92 Å². The lowest BCUT2D eigenvalue weighted by Gasteiger charge is -2.01. The molecular formula is C14H13NO3. The Bertz CT molecular complexity index is 584. The standard InChI is InChI=1S/C14H13NO3/c1-9-7-11(8-10-5-3-2-4-6-10)12(15-9)13(16)14(17)18/h2-7,15H,8H2,1H3,(H,17,18). The van der Waals surface area contributed by atoms with Gasteiger partial charge in [0.25, 0.3) is 5.78 Å². The third-order valence-electron chi connectivity index (χ3n) is 2.69. The van der Waals surface area contributed by atoms with Crippen LogP contribution in [0.2, 0.25) is 0 Å². The van der Waals surface area contributed by atoms with Crippen molar-refractivity contribution in [2.45, 2.75) is 13.3 Å². The van der Waals surface area contributed by atoms with Crippen molar-refractivity contribution in [2.24, 2.45) is 0 Å². The van der Waals surface area contributed by atoms with Crippen LogP contribution in [0.4, 0.5) is 0 Å². The maximum absolute atomic E-state index is 11.5. The van der Waals surface area contributed by atoms with E-state index in [0.29, 0.717) is 12.0 Å². The Hall–Kier alpha value is -2.36. The number of carbonyl (C=O) groups excluding carboxylic acids is 1. The lowest BCUT2D eigenvalue weighted by molar-refractivity contribution is -0.131. The first kappa shape index (κ1) is 12.1. The van der Waals surface area contributed by atoms with Gasteiger partial charge in [0.1, 0.15) is 0 Å². The van der Waals surface area contributed by atoms with Crippen LogP contribution in [0.3, 0.4) is 0 Å². The number of H-pyrrole nitrogens is 1. The quantitative estimate of drug-likeness (QED) is 0.638. The fraction of sp³-hybridized carbons (Fsp3) is 0.143. The van der Waals surface area contributed by atoms with Crippen molar-refractivity contribution in [3.63, 3.8) is 0 Å². The lowest BCUT2D eigenvalue weighted by atomic mass is 10.0. The van der Waals surface area contributed by atoms with E-state index in [1.807, 2.05) is 36.4 Å². The number of carbonyl (C=O) groups is 2. The Morgan fingerprint density at radius 1 is 1.22 bits per heavy atom. The molecule has 0 aliphatic rings. The Kier molecular flexibility index (Phi) is 3.28. The monoisotopic (exact) mass is 243 g/mol. The van der Waals surface area contributed by atoms with E-state index in [2.05, 4.69) is 4.98 Å². The fourth-order valence-corrected chi connectivity index (χ4v) is 1.91. The maximum atomic E-state index is 11.5. The Morgan fingerprint density at radius 3 is 2.50 bits per heavy atom. The zero-order valence-corrected chi connectivity index (χ0v) is 9.93. The summed E-state index contributed by atoms with van der Waals surface area (Å²) in [4.78, 5) is 25.1. The molecule has 0 saturated heterocycles. The van der Waals surface area contributed by atoms with Crippen molar-refractivity contribution in [3.05, 3.63) is 58.9 Å². The molecule has 0 unspecified atom stereocenters. The summed E-state index contributed by atoms with van der Waals surface area (Å²) in [5.74, 6) is -2.33. The number of aryl methyl sites for hydroxylation is 1. The molecular weight excluding hydrogens is 230 g/mol. The van der Waals surface area contributed by atoms with Gasteiger partial charge in [-0.2, -0.15) is 0 Å². The molecule has 0 spiro atoms. The number of hydrogen-bond donors (Lipinski definition) is 2. The normalized spacial score (nSPS) is 10.3. The zero-order chi connectivity index (χ0) is 13.1. The second kappa shape index (κ2) is 4.87. The molecule has 0 saturated carbocycles. The van der Waals surface area contributed by atoms with Crippen LogP contribution in [0.15, 0.2) is 36.4 Å². The SMILES string of the molecule is Cc1cc(Cc2ccccc2)c(C(=O)C(=O)O)[nH]1. The molecule has 2 N–H and O–H groups in total. The number of carboxylic acid groups (broad SMARTS) is 1.